The highest BCUT2D eigenvalue weighted by Crippen LogP contribution is 2.41. The van der Waals surface area contributed by atoms with Crippen LogP contribution in [0, 0.1) is 19.7 Å². The normalized spacial score (nSPS) is 13.2. The first-order valence-electron chi connectivity index (χ1n) is 12.7. The number of nitrogens with one attached hydrogen (secondary N) is 3. The van der Waals surface area contributed by atoms with Crippen molar-refractivity contribution < 1.29 is 18.7 Å². The SMILES string of the molecule is CCNCCCOCC.Cc1[nH]c(/C=C2\C(=O)Nc3cccc(-c4ccccc4F)c32)c(C)c1CC=O. The number of aromatic nitrogens is 1. The third-order valence-electron chi connectivity index (χ3n) is 6.29. The summed E-state index contributed by atoms with van der Waals surface area (Å²) < 4.78 is 19.6. The number of fused-ring (bicyclic) bond motifs is 1. The van der Waals surface area contributed by atoms with Crippen molar-refractivity contribution >= 4 is 29.5 Å². The lowest BCUT2D eigenvalue weighted by Gasteiger charge is -2.09. The number of aldehydes is 1. The summed E-state index contributed by atoms with van der Waals surface area (Å²) >= 11 is 0. The number of anilines is 1. The molecule has 6 nitrogen and oxygen atoms in total. The molecule has 4 rings (SSSR count). The number of hydrogen-bond donors (Lipinski definition) is 3. The molecule has 1 aliphatic rings. The number of amides is 1. The Bertz CT molecular complexity index is 1260. The lowest BCUT2D eigenvalue weighted by atomic mass is 9.93. The zero-order valence-electron chi connectivity index (χ0n) is 22.0. The van der Waals surface area contributed by atoms with E-state index in [1.165, 1.54) is 6.07 Å². The van der Waals surface area contributed by atoms with E-state index >= 15 is 0 Å². The van der Waals surface area contributed by atoms with E-state index in [0.717, 1.165) is 61.5 Å². The van der Waals surface area contributed by atoms with Gasteiger partial charge in [0, 0.05) is 47.8 Å². The summed E-state index contributed by atoms with van der Waals surface area (Å²) in [5, 5.41) is 6.09. The minimum Gasteiger partial charge on any atom is -0.382 e. The lowest BCUT2D eigenvalue weighted by molar-refractivity contribution is -0.111. The Morgan fingerprint density at radius 1 is 1.05 bits per heavy atom. The maximum Gasteiger partial charge on any atom is 0.256 e. The van der Waals surface area contributed by atoms with Gasteiger partial charge < -0.3 is 25.1 Å². The number of ether oxygens (including phenoxy) is 1. The van der Waals surface area contributed by atoms with Crippen LogP contribution in [0.25, 0.3) is 22.8 Å². The number of carbonyl (C=O) groups is 2. The van der Waals surface area contributed by atoms with Gasteiger partial charge in [-0.3, -0.25) is 4.79 Å². The van der Waals surface area contributed by atoms with Gasteiger partial charge in [-0.15, -0.1) is 0 Å². The molecule has 196 valence electrons. The van der Waals surface area contributed by atoms with Crippen molar-refractivity contribution in [3.8, 4) is 11.1 Å². The predicted molar refractivity (Wildman–Crippen MR) is 148 cm³/mol. The Morgan fingerprint density at radius 2 is 1.81 bits per heavy atom. The first kappa shape index (κ1) is 28.0. The van der Waals surface area contributed by atoms with Crippen LogP contribution < -0.4 is 10.6 Å². The van der Waals surface area contributed by atoms with Crippen LogP contribution in [0.4, 0.5) is 10.1 Å². The monoisotopic (exact) mass is 505 g/mol. The van der Waals surface area contributed by atoms with Crippen LogP contribution in [0.3, 0.4) is 0 Å². The van der Waals surface area contributed by atoms with E-state index in [1.807, 2.05) is 32.9 Å². The van der Waals surface area contributed by atoms with Crippen LogP contribution in [0.5, 0.6) is 0 Å². The minimum absolute atomic E-state index is 0.234. The molecule has 1 amide bonds. The van der Waals surface area contributed by atoms with Gasteiger partial charge >= 0.3 is 0 Å². The largest absolute Gasteiger partial charge is 0.382 e. The van der Waals surface area contributed by atoms with Gasteiger partial charge in [-0.25, -0.2) is 4.39 Å². The fourth-order valence-corrected chi connectivity index (χ4v) is 4.41. The number of hydrogen-bond acceptors (Lipinski definition) is 4. The third-order valence-corrected chi connectivity index (χ3v) is 6.29. The fourth-order valence-electron chi connectivity index (χ4n) is 4.41. The molecule has 0 fully saturated rings. The van der Waals surface area contributed by atoms with E-state index in [9.17, 15) is 14.0 Å². The summed E-state index contributed by atoms with van der Waals surface area (Å²) in [7, 11) is 0. The van der Waals surface area contributed by atoms with Crippen LogP contribution in [0.1, 0.15) is 48.3 Å². The van der Waals surface area contributed by atoms with Crippen LogP contribution in [0.2, 0.25) is 0 Å². The number of H-pyrrole nitrogens is 1. The van der Waals surface area contributed by atoms with Gasteiger partial charge in [0.1, 0.15) is 12.1 Å². The first-order chi connectivity index (χ1) is 17.9. The van der Waals surface area contributed by atoms with Gasteiger partial charge in [0.2, 0.25) is 0 Å². The Kier molecular flexibility index (Phi) is 10.4. The smallest absolute Gasteiger partial charge is 0.256 e. The molecule has 3 N–H and O–H groups in total. The average Bonchev–Trinajstić information content (AvgIpc) is 3.35. The first-order valence-corrected chi connectivity index (χ1v) is 12.7. The molecule has 2 heterocycles. The van der Waals surface area contributed by atoms with Crippen molar-refractivity contribution in [1.29, 1.82) is 0 Å². The van der Waals surface area contributed by atoms with Crippen molar-refractivity contribution in [2.24, 2.45) is 0 Å². The highest BCUT2D eigenvalue weighted by molar-refractivity contribution is 6.36. The molecule has 0 saturated heterocycles. The molecule has 0 unspecified atom stereocenters. The standard InChI is InChI=1S/C23H19FN2O2.C7H17NO/c1-13-15(10-11-27)14(2)25-21(13)12-18-22-17(16-6-3-4-8-19(16)24)7-5-9-20(22)26-23(18)28;1-3-8-6-5-7-9-4-2/h3-9,11-12,25H,10H2,1-2H3,(H,26,28);8H,3-7H2,1-2H3/b18-12-;. The molecule has 2 aromatic carbocycles. The number of rotatable bonds is 10. The summed E-state index contributed by atoms with van der Waals surface area (Å²) in [6.45, 7) is 11.8. The van der Waals surface area contributed by atoms with Crippen molar-refractivity contribution in [1.82, 2.24) is 10.3 Å². The van der Waals surface area contributed by atoms with Gasteiger partial charge in [0.05, 0.1) is 5.57 Å². The molecular weight excluding hydrogens is 469 g/mol. The molecule has 0 radical (unpaired) electrons. The topological polar surface area (TPSA) is 83.2 Å². The minimum atomic E-state index is -0.338. The summed E-state index contributed by atoms with van der Waals surface area (Å²) in [5.41, 5.74) is 6.46. The van der Waals surface area contributed by atoms with E-state index in [-0.39, 0.29) is 11.7 Å². The second-order valence-electron chi connectivity index (χ2n) is 8.76. The second-order valence-corrected chi connectivity index (χ2v) is 8.76. The number of carbonyl (C=O) groups excluding carboxylic acids is 2. The second kappa shape index (κ2) is 13.7. The summed E-state index contributed by atoms with van der Waals surface area (Å²) in [6.07, 6.45) is 4.10. The Labute approximate surface area is 218 Å². The van der Waals surface area contributed by atoms with E-state index in [4.69, 9.17) is 4.74 Å². The number of aromatic amines is 1. The molecule has 37 heavy (non-hydrogen) atoms. The van der Waals surface area contributed by atoms with E-state index in [2.05, 4.69) is 22.5 Å². The van der Waals surface area contributed by atoms with Gasteiger partial charge in [0.25, 0.3) is 5.91 Å². The van der Waals surface area contributed by atoms with Crippen LogP contribution >= 0.6 is 0 Å². The maximum atomic E-state index is 14.4. The Balaban J connectivity index is 0.000000364. The van der Waals surface area contributed by atoms with Crippen LogP contribution in [-0.4, -0.2) is 43.5 Å². The predicted octanol–water partition coefficient (Wildman–Crippen LogP) is 5.69. The highest BCUT2D eigenvalue weighted by Gasteiger charge is 2.28. The summed E-state index contributed by atoms with van der Waals surface area (Å²) in [5.74, 6) is -0.572. The van der Waals surface area contributed by atoms with Crippen LogP contribution in [-0.2, 0) is 20.7 Å². The van der Waals surface area contributed by atoms with Gasteiger partial charge in [-0.05, 0) is 75.2 Å². The van der Waals surface area contributed by atoms with Crippen molar-refractivity contribution in [3.63, 3.8) is 0 Å². The van der Waals surface area contributed by atoms with Gasteiger partial charge in [0.15, 0.2) is 0 Å². The molecule has 0 atom stereocenters. The number of benzene rings is 2. The molecule has 1 aromatic heterocycles. The summed E-state index contributed by atoms with van der Waals surface area (Å²) in [6, 6.07) is 12.0. The van der Waals surface area contributed by atoms with Crippen molar-refractivity contribution in [2.45, 2.75) is 40.5 Å². The maximum absolute atomic E-state index is 14.4. The van der Waals surface area contributed by atoms with Crippen LogP contribution in [0.15, 0.2) is 42.5 Å². The lowest BCUT2D eigenvalue weighted by Crippen LogP contribution is -2.15. The zero-order valence-corrected chi connectivity index (χ0v) is 22.0. The molecule has 0 saturated carbocycles. The molecule has 3 aromatic rings. The molecule has 1 aliphatic heterocycles. The zero-order chi connectivity index (χ0) is 26.8. The quantitative estimate of drug-likeness (QED) is 0.188. The van der Waals surface area contributed by atoms with Crippen molar-refractivity contribution in [3.05, 3.63) is 76.4 Å². The van der Waals surface area contributed by atoms with E-state index < -0.39 is 0 Å². The summed E-state index contributed by atoms with van der Waals surface area (Å²) in [4.78, 5) is 26.9. The van der Waals surface area contributed by atoms with E-state index in [1.54, 1.807) is 30.3 Å². The third kappa shape index (κ3) is 6.81. The molecule has 0 bridgehead atoms. The highest BCUT2D eigenvalue weighted by atomic mass is 19.1. The fraction of sp³-hybridized carbons (Fsp3) is 0.333. The molecule has 0 spiro atoms. The average molecular weight is 506 g/mol. The van der Waals surface area contributed by atoms with E-state index in [0.29, 0.717) is 34.4 Å². The van der Waals surface area contributed by atoms with Gasteiger partial charge in [-0.1, -0.05) is 37.3 Å². The number of halogens is 1. The van der Waals surface area contributed by atoms with Gasteiger partial charge in [-0.2, -0.15) is 0 Å². The van der Waals surface area contributed by atoms with Crippen molar-refractivity contribution in [2.75, 3.05) is 31.6 Å². The Morgan fingerprint density at radius 3 is 2.51 bits per heavy atom. The Hall–Kier alpha value is -3.55. The molecule has 0 aliphatic carbocycles. The molecule has 7 heteroatoms. The number of aryl methyl sites for hydroxylation is 1. The molecular formula is C30H36FN3O3.